The Morgan fingerprint density at radius 1 is 1.50 bits per heavy atom. The zero-order valence-corrected chi connectivity index (χ0v) is 9.38. The van der Waals surface area contributed by atoms with Gasteiger partial charge in [-0.15, -0.1) is 0 Å². The lowest BCUT2D eigenvalue weighted by Gasteiger charge is -2.03. The van der Waals surface area contributed by atoms with Gasteiger partial charge in [0.15, 0.2) is 5.75 Å². The van der Waals surface area contributed by atoms with Crippen LogP contribution in [0.25, 0.3) is 11.0 Å². The zero-order chi connectivity index (χ0) is 10.3. The number of halogens is 1. The second kappa shape index (κ2) is 3.16. The van der Waals surface area contributed by atoms with E-state index in [2.05, 4.69) is 20.9 Å². The van der Waals surface area contributed by atoms with Crippen LogP contribution >= 0.6 is 15.9 Å². The summed E-state index contributed by atoms with van der Waals surface area (Å²) in [5, 5.41) is 0. The van der Waals surface area contributed by atoms with Crippen molar-refractivity contribution in [1.29, 1.82) is 0 Å². The molecule has 1 aromatic carbocycles. The number of rotatable bonds is 1. The van der Waals surface area contributed by atoms with Gasteiger partial charge >= 0.3 is 5.69 Å². The van der Waals surface area contributed by atoms with Crippen molar-refractivity contribution in [3.05, 3.63) is 27.1 Å². The number of aromatic nitrogens is 2. The Morgan fingerprint density at radius 2 is 2.21 bits per heavy atom. The lowest BCUT2D eigenvalue weighted by atomic mass is 10.3. The first-order valence-electron chi connectivity index (χ1n) is 4.06. The van der Waals surface area contributed by atoms with Crippen molar-refractivity contribution >= 4 is 27.0 Å². The van der Waals surface area contributed by atoms with Gasteiger partial charge in [-0.05, 0) is 28.1 Å². The molecule has 2 rings (SSSR count). The molecule has 0 bridgehead atoms. The van der Waals surface area contributed by atoms with E-state index in [4.69, 9.17) is 4.74 Å². The smallest absolute Gasteiger partial charge is 0.326 e. The van der Waals surface area contributed by atoms with Gasteiger partial charge in [-0.3, -0.25) is 4.57 Å². The summed E-state index contributed by atoms with van der Waals surface area (Å²) in [6.45, 7) is 0. The van der Waals surface area contributed by atoms with Crippen LogP contribution in [0.2, 0.25) is 0 Å². The average molecular weight is 257 g/mol. The van der Waals surface area contributed by atoms with Gasteiger partial charge in [0.1, 0.15) is 5.52 Å². The van der Waals surface area contributed by atoms with E-state index in [1.165, 1.54) is 0 Å². The standard InChI is InChI=1S/C9H9BrN2O2/c1-12-6-4-3-5(10)8(14-2)7(6)11-9(12)13/h3-4H,1-2H3,(H,11,13). The quantitative estimate of drug-likeness (QED) is 0.844. The third-order valence-corrected chi connectivity index (χ3v) is 2.81. The third-order valence-electron chi connectivity index (χ3n) is 2.19. The number of nitrogens with zero attached hydrogens (tertiary/aromatic N) is 1. The van der Waals surface area contributed by atoms with Crippen LogP contribution in [0, 0.1) is 0 Å². The zero-order valence-electron chi connectivity index (χ0n) is 7.80. The summed E-state index contributed by atoms with van der Waals surface area (Å²) < 4.78 is 7.57. The molecule has 0 saturated carbocycles. The van der Waals surface area contributed by atoms with Gasteiger partial charge in [-0.2, -0.15) is 0 Å². The molecule has 0 aliphatic carbocycles. The summed E-state index contributed by atoms with van der Waals surface area (Å²) >= 11 is 3.36. The topological polar surface area (TPSA) is 47.0 Å². The SMILES string of the molecule is COc1c(Br)ccc2c1[nH]c(=O)n2C. The summed E-state index contributed by atoms with van der Waals surface area (Å²) in [7, 11) is 3.29. The van der Waals surface area contributed by atoms with Gasteiger partial charge in [0.2, 0.25) is 0 Å². The summed E-state index contributed by atoms with van der Waals surface area (Å²) in [6.07, 6.45) is 0. The molecule has 1 aromatic heterocycles. The first-order chi connectivity index (χ1) is 6.65. The van der Waals surface area contributed by atoms with Gasteiger partial charge in [0.25, 0.3) is 0 Å². The van der Waals surface area contributed by atoms with Crippen molar-refractivity contribution in [3.8, 4) is 5.75 Å². The summed E-state index contributed by atoms with van der Waals surface area (Å²) in [5.74, 6) is 0.653. The summed E-state index contributed by atoms with van der Waals surface area (Å²) in [6, 6.07) is 3.72. The maximum Gasteiger partial charge on any atom is 0.326 e. The number of H-pyrrole nitrogens is 1. The molecule has 0 saturated heterocycles. The van der Waals surface area contributed by atoms with E-state index in [1.807, 2.05) is 12.1 Å². The maximum absolute atomic E-state index is 11.4. The van der Waals surface area contributed by atoms with Crippen LogP contribution in [-0.4, -0.2) is 16.7 Å². The molecule has 74 valence electrons. The molecular weight excluding hydrogens is 248 g/mol. The first-order valence-corrected chi connectivity index (χ1v) is 4.85. The van der Waals surface area contributed by atoms with E-state index in [-0.39, 0.29) is 5.69 Å². The minimum Gasteiger partial charge on any atom is -0.493 e. The number of hydrogen-bond donors (Lipinski definition) is 1. The molecule has 0 spiro atoms. The van der Waals surface area contributed by atoms with Crippen molar-refractivity contribution in [1.82, 2.24) is 9.55 Å². The highest BCUT2D eigenvalue weighted by Crippen LogP contribution is 2.31. The highest BCUT2D eigenvalue weighted by atomic mass is 79.9. The van der Waals surface area contributed by atoms with Crippen LogP contribution in [0.15, 0.2) is 21.4 Å². The Balaban J connectivity index is 2.95. The average Bonchev–Trinajstić information content (AvgIpc) is 2.43. The molecule has 0 aliphatic rings. The molecule has 1 heterocycles. The van der Waals surface area contributed by atoms with Gasteiger partial charge in [-0.1, -0.05) is 0 Å². The minimum atomic E-state index is -0.142. The van der Waals surface area contributed by atoms with E-state index in [0.29, 0.717) is 5.75 Å². The number of methoxy groups -OCH3 is 1. The van der Waals surface area contributed by atoms with E-state index in [0.717, 1.165) is 15.5 Å². The lowest BCUT2D eigenvalue weighted by molar-refractivity contribution is 0.416. The van der Waals surface area contributed by atoms with E-state index in [9.17, 15) is 4.79 Å². The fourth-order valence-electron chi connectivity index (χ4n) is 1.45. The molecule has 14 heavy (non-hydrogen) atoms. The number of aromatic amines is 1. The fourth-order valence-corrected chi connectivity index (χ4v) is 1.94. The number of benzene rings is 1. The monoisotopic (exact) mass is 256 g/mol. The van der Waals surface area contributed by atoms with Crippen molar-refractivity contribution in [2.45, 2.75) is 0 Å². The molecule has 0 fully saturated rings. The Hall–Kier alpha value is -1.23. The second-order valence-corrected chi connectivity index (χ2v) is 3.82. The highest BCUT2D eigenvalue weighted by Gasteiger charge is 2.10. The molecule has 1 N–H and O–H groups in total. The Kier molecular flexibility index (Phi) is 2.11. The Labute approximate surface area is 88.6 Å². The summed E-state index contributed by atoms with van der Waals surface area (Å²) in [4.78, 5) is 14.1. The molecule has 0 radical (unpaired) electrons. The largest absolute Gasteiger partial charge is 0.493 e. The molecule has 0 atom stereocenters. The first kappa shape index (κ1) is 9.33. The van der Waals surface area contributed by atoms with Crippen molar-refractivity contribution in [2.75, 3.05) is 7.11 Å². The minimum absolute atomic E-state index is 0.142. The Morgan fingerprint density at radius 3 is 2.86 bits per heavy atom. The van der Waals surface area contributed by atoms with Crippen LogP contribution < -0.4 is 10.4 Å². The van der Waals surface area contributed by atoms with Gasteiger partial charge in [-0.25, -0.2) is 4.79 Å². The predicted molar refractivity (Wildman–Crippen MR) is 57.8 cm³/mol. The van der Waals surface area contributed by atoms with E-state index >= 15 is 0 Å². The number of imidazole rings is 1. The predicted octanol–water partition coefficient (Wildman–Crippen LogP) is 1.64. The molecule has 0 amide bonds. The van der Waals surface area contributed by atoms with Crippen molar-refractivity contribution in [2.24, 2.45) is 7.05 Å². The molecular formula is C9H9BrN2O2. The Bertz CT molecular complexity index is 541. The van der Waals surface area contributed by atoms with Crippen LogP contribution in [0.5, 0.6) is 5.75 Å². The van der Waals surface area contributed by atoms with Gasteiger partial charge in [0, 0.05) is 7.05 Å². The van der Waals surface area contributed by atoms with Crippen LogP contribution in [0.4, 0.5) is 0 Å². The third kappa shape index (κ3) is 1.16. The lowest BCUT2D eigenvalue weighted by Crippen LogP contribution is -2.11. The van der Waals surface area contributed by atoms with E-state index in [1.54, 1.807) is 18.7 Å². The molecule has 5 heteroatoms. The summed E-state index contributed by atoms with van der Waals surface area (Å²) in [5.41, 5.74) is 1.40. The normalized spacial score (nSPS) is 10.8. The number of fused-ring (bicyclic) bond motifs is 1. The highest BCUT2D eigenvalue weighted by molar-refractivity contribution is 9.10. The molecule has 0 unspecified atom stereocenters. The molecule has 0 aliphatic heterocycles. The van der Waals surface area contributed by atoms with Crippen molar-refractivity contribution < 1.29 is 4.74 Å². The van der Waals surface area contributed by atoms with Gasteiger partial charge < -0.3 is 9.72 Å². The molecule has 4 nitrogen and oxygen atoms in total. The number of nitrogens with one attached hydrogen (secondary N) is 1. The number of ether oxygens (including phenoxy) is 1. The van der Waals surface area contributed by atoms with Crippen LogP contribution in [-0.2, 0) is 7.05 Å². The van der Waals surface area contributed by atoms with Gasteiger partial charge in [0.05, 0.1) is 17.1 Å². The number of aryl methyl sites for hydroxylation is 1. The number of hydrogen-bond acceptors (Lipinski definition) is 2. The van der Waals surface area contributed by atoms with Crippen LogP contribution in [0.3, 0.4) is 0 Å². The second-order valence-electron chi connectivity index (χ2n) is 2.96. The van der Waals surface area contributed by atoms with Crippen LogP contribution in [0.1, 0.15) is 0 Å². The fraction of sp³-hybridized carbons (Fsp3) is 0.222. The maximum atomic E-state index is 11.4. The molecule has 2 aromatic rings. The van der Waals surface area contributed by atoms with E-state index < -0.39 is 0 Å². The van der Waals surface area contributed by atoms with Crippen molar-refractivity contribution in [3.63, 3.8) is 0 Å².